The fourth-order valence-corrected chi connectivity index (χ4v) is 2.32. The molecule has 1 aromatic carbocycles. The van der Waals surface area contributed by atoms with Gasteiger partial charge in [-0.15, -0.1) is 5.06 Å². The molecule has 1 saturated heterocycles. The van der Waals surface area contributed by atoms with Crippen molar-refractivity contribution in [2.75, 3.05) is 13.1 Å². The summed E-state index contributed by atoms with van der Waals surface area (Å²) in [6.07, 6.45) is -2.58. The van der Waals surface area contributed by atoms with Gasteiger partial charge in [-0.05, 0) is 30.7 Å². The Labute approximate surface area is 115 Å². The summed E-state index contributed by atoms with van der Waals surface area (Å²) < 4.78 is 36.2. The highest BCUT2D eigenvalue weighted by molar-refractivity contribution is 5.75. The number of piperidine rings is 1. The van der Waals surface area contributed by atoms with Gasteiger partial charge in [0.25, 0.3) is 0 Å². The van der Waals surface area contributed by atoms with E-state index in [1.807, 2.05) is 30.3 Å². The number of hydrogen-bond acceptors (Lipinski definition) is 3. The molecule has 2 rings (SSSR count). The van der Waals surface area contributed by atoms with E-state index in [1.54, 1.807) is 0 Å². The Morgan fingerprint density at radius 3 is 2.35 bits per heavy atom. The second-order valence-electron chi connectivity index (χ2n) is 4.94. The number of halogens is 3. The Balaban J connectivity index is 1.77. The molecule has 0 amide bonds. The Bertz CT molecular complexity index is 439. The number of carbonyl (C=O) groups excluding carboxylic acids is 1. The average molecular weight is 287 g/mol. The van der Waals surface area contributed by atoms with Crippen molar-refractivity contribution >= 4 is 5.97 Å². The topological polar surface area (TPSA) is 29.5 Å². The molecule has 1 aliphatic heterocycles. The van der Waals surface area contributed by atoms with Crippen LogP contribution in [-0.4, -0.2) is 30.3 Å². The zero-order valence-corrected chi connectivity index (χ0v) is 10.9. The van der Waals surface area contributed by atoms with E-state index >= 15 is 0 Å². The van der Waals surface area contributed by atoms with Gasteiger partial charge in [-0.1, -0.05) is 30.3 Å². The van der Waals surface area contributed by atoms with Gasteiger partial charge in [0.2, 0.25) is 0 Å². The lowest BCUT2D eigenvalue weighted by molar-refractivity contribution is -0.242. The first-order valence-corrected chi connectivity index (χ1v) is 6.53. The van der Waals surface area contributed by atoms with E-state index in [0.29, 0.717) is 19.0 Å². The second-order valence-corrected chi connectivity index (χ2v) is 4.94. The monoisotopic (exact) mass is 287 g/mol. The van der Waals surface area contributed by atoms with E-state index in [0.717, 1.165) is 24.3 Å². The molecular weight excluding hydrogens is 271 g/mol. The molecule has 0 unspecified atom stereocenters. The zero-order chi connectivity index (χ0) is 14.6. The molecule has 0 aliphatic carbocycles. The van der Waals surface area contributed by atoms with E-state index in [-0.39, 0.29) is 0 Å². The summed E-state index contributed by atoms with van der Waals surface area (Å²) in [4.78, 5) is 15.0. The normalized spacial score (nSPS) is 17.9. The molecule has 0 spiro atoms. The molecule has 3 nitrogen and oxygen atoms in total. The van der Waals surface area contributed by atoms with Crippen molar-refractivity contribution in [3.63, 3.8) is 0 Å². The van der Waals surface area contributed by atoms with Crippen molar-refractivity contribution in [2.45, 2.75) is 25.4 Å². The summed E-state index contributed by atoms with van der Waals surface area (Å²) in [5, 5.41) is 1.11. The van der Waals surface area contributed by atoms with Crippen molar-refractivity contribution in [2.24, 2.45) is 5.92 Å². The Hall–Kier alpha value is -1.56. The molecule has 0 radical (unpaired) electrons. The largest absolute Gasteiger partial charge is 0.492 e. The number of carbonyl (C=O) groups is 1. The van der Waals surface area contributed by atoms with Crippen molar-refractivity contribution in [1.82, 2.24) is 5.06 Å². The quantitative estimate of drug-likeness (QED) is 0.856. The predicted molar refractivity (Wildman–Crippen MR) is 66.6 cm³/mol. The van der Waals surface area contributed by atoms with E-state index < -0.39 is 12.1 Å². The lowest BCUT2D eigenvalue weighted by Crippen LogP contribution is -2.39. The number of hydrogen-bond donors (Lipinski definition) is 0. The minimum atomic E-state index is -4.93. The van der Waals surface area contributed by atoms with Gasteiger partial charge in [0.15, 0.2) is 0 Å². The molecule has 1 aromatic rings. The highest BCUT2D eigenvalue weighted by Gasteiger charge is 2.42. The third-order valence-electron chi connectivity index (χ3n) is 3.38. The van der Waals surface area contributed by atoms with Gasteiger partial charge in [0, 0.05) is 13.1 Å². The summed E-state index contributed by atoms with van der Waals surface area (Å²) in [6.45, 7) is 0.693. The van der Waals surface area contributed by atoms with E-state index in [2.05, 4.69) is 4.84 Å². The van der Waals surface area contributed by atoms with Crippen LogP contribution in [0.5, 0.6) is 0 Å². The van der Waals surface area contributed by atoms with E-state index in [1.165, 1.54) is 5.56 Å². The van der Waals surface area contributed by atoms with Crippen molar-refractivity contribution < 1.29 is 22.8 Å². The Morgan fingerprint density at radius 1 is 1.20 bits per heavy atom. The molecule has 0 N–H and O–H groups in total. The van der Waals surface area contributed by atoms with Crippen LogP contribution in [0.2, 0.25) is 0 Å². The third kappa shape index (κ3) is 4.23. The minimum absolute atomic E-state index is 0.347. The average Bonchev–Trinajstić information content (AvgIpc) is 2.41. The standard InChI is InChI=1S/C14H16F3NO2/c15-14(16,17)13(19)20-18-8-6-12(7-9-18)10-11-4-2-1-3-5-11/h1-5,12H,6-10H2. The molecule has 0 aromatic heterocycles. The number of rotatable bonds is 3. The molecular formula is C14H16F3NO2. The molecule has 0 saturated carbocycles. The summed E-state index contributed by atoms with van der Waals surface area (Å²) in [6, 6.07) is 9.96. The van der Waals surface area contributed by atoms with Crippen LogP contribution in [0.25, 0.3) is 0 Å². The number of hydroxylamine groups is 2. The first-order valence-electron chi connectivity index (χ1n) is 6.53. The van der Waals surface area contributed by atoms with E-state index in [9.17, 15) is 18.0 Å². The fraction of sp³-hybridized carbons (Fsp3) is 0.500. The van der Waals surface area contributed by atoms with Crippen LogP contribution < -0.4 is 0 Å². The van der Waals surface area contributed by atoms with Crippen molar-refractivity contribution in [3.05, 3.63) is 35.9 Å². The first-order chi connectivity index (χ1) is 9.45. The molecule has 0 bridgehead atoms. The maximum atomic E-state index is 12.1. The fourth-order valence-electron chi connectivity index (χ4n) is 2.32. The smallest absolute Gasteiger partial charge is 0.361 e. The third-order valence-corrected chi connectivity index (χ3v) is 3.38. The molecule has 110 valence electrons. The minimum Gasteiger partial charge on any atom is -0.361 e. The molecule has 6 heteroatoms. The zero-order valence-electron chi connectivity index (χ0n) is 10.9. The van der Waals surface area contributed by atoms with Gasteiger partial charge in [-0.2, -0.15) is 13.2 Å². The second kappa shape index (κ2) is 6.26. The molecule has 1 aliphatic rings. The van der Waals surface area contributed by atoms with Gasteiger partial charge in [0.05, 0.1) is 0 Å². The number of benzene rings is 1. The lowest BCUT2D eigenvalue weighted by atomic mass is 9.91. The SMILES string of the molecule is O=C(ON1CCC(Cc2ccccc2)CC1)C(F)(F)F. The predicted octanol–water partition coefficient (Wildman–Crippen LogP) is 2.96. The van der Waals surface area contributed by atoms with Crippen LogP contribution >= 0.6 is 0 Å². The molecule has 1 heterocycles. The van der Waals surface area contributed by atoms with E-state index in [4.69, 9.17) is 0 Å². The van der Waals surface area contributed by atoms with Crippen molar-refractivity contribution in [3.8, 4) is 0 Å². The van der Waals surface area contributed by atoms with Crippen molar-refractivity contribution in [1.29, 1.82) is 0 Å². The highest BCUT2D eigenvalue weighted by atomic mass is 19.4. The van der Waals surface area contributed by atoms with Crippen LogP contribution in [-0.2, 0) is 16.1 Å². The summed E-state index contributed by atoms with van der Waals surface area (Å²) in [5.41, 5.74) is 1.22. The van der Waals surface area contributed by atoms with Crippen LogP contribution in [0.1, 0.15) is 18.4 Å². The van der Waals surface area contributed by atoms with Gasteiger partial charge >= 0.3 is 12.1 Å². The van der Waals surface area contributed by atoms with Crippen LogP contribution in [0.15, 0.2) is 30.3 Å². The number of alkyl halides is 3. The van der Waals surface area contributed by atoms with Gasteiger partial charge in [-0.3, -0.25) is 0 Å². The summed E-state index contributed by atoms with van der Waals surface area (Å²) >= 11 is 0. The van der Waals surface area contributed by atoms with Gasteiger partial charge < -0.3 is 4.84 Å². The maximum absolute atomic E-state index is 12.1. The molecule has 20 heavy (non-hydrogen) atoms. The Kier molecular flexibility index (Phi) is 4.65. The maximum Gasteiger partial charge on any atom is 0.492 e. The Morgan fingerprint density at radius 2 is 1.80 bits per heavy atom. The molecule has 1 fully saturated rings. The van der Waals surface area contributed by atoms with Crippen LogP contribution in [0.4, 0.5) is 13.2 Å². The van der Waals surface area contributed by atoms with Crippen LogP contribution in [0.3, 0.4) is 0 Å². The van der Waals surface area contributed by atoms with Gasteiger partial charge in [0.1, 0.15) is 0 Å². The first kappa shape index (κ1) is 14.8. The summed E-state index contributed by atoms with van der Waals surface area (Å²) in [5.74, 6) is -1.72. The summed E-state index contributed by atoms with van der Waals surface area (Å²) in [7, 11) is 0. The van der Waals surface area contributed by atoms with Crippen LogP contribution in [0, 0.1) is 5.92 Å². The lowest BCUT2D eigenvalue weighted by Gasteiger charge is -2.30. The highest BCUT2D eigenvalue weighted by Crippen LogP contribution is 2.23. The number of nitrogens with zero attached hydrogens (tertiary/aromatic N) is 1. The van der Waals surface area contributed by atoms with Gasteiger partial charge in [-0.25, -0.2) is 4.79 Å². The molecule has 0 atom stereocenters.